The second-order valence-corrected chi connectivity index (χ2v) is 4.44. The molecule has 0 bridgehead atoms. The normalized spacial score (nSPS) is 11.9. The van der Waals surface area contributed by atoms with Gasteiger partial charge in [0.05, 0.1) is 4.92 Å². The van der Waals surface area contributed by atoms with Crippen molar-refractivity contribution in [2.24, 2.45) is 0 Å². The number of nitro benzene ring substituents is 1. The van der Waals surface area contributed by atoms with Crippen LogP contribution in [0.4, 0.5) is 17.1 Å². The summed E-state index contributed by atoms with van der Waals surface area (Å²) in [6.45, 7) is 4.63. The van der Waals surface area contributed by atoms with Gasteiger partial charge >= 0.3 is 5.69 Å². The Hall–Kier alpha value is -1.82. The summed E-state index contributed by atoms with van der Waals surface area (Å²) in [4.78, 5) is 10.8. The molecule has 0 aliphatic carbocycles. The van der Waals surface area contributed by atoms with E-state index in [0.29, 0.717) is 24.3 Å². The van der Waals surface area contributed by atoms with Crippen molar-refractivity contribution in [1.29, 1.82) is 0 Å². The van der Waals surface area contributed by atoms with E-state index in [1.807, 2.05) is 13.8 Å². The fraction of sp³-hybridized carbons (Fsp3) is 0.538. The minimum absolute atomic E-state index is 0.0230. The Labute approximate surface area is 113 Å². The zero-order chi connectivity index (χ0) is 14.3. The molecule has 0 aliphatic rings. The molecule has 0 saturated heterocycles. The first-order chi connectivity index (χ1) is 9.10. The molecule has 0 aromatic heterocycles. The van der Waals surface area contributed by atoms with Crippen LogP contribution in [-0.2, 0) is 0 Å². The molecular weight excluding hydrogens is 246 g/mol. The van der Waals surface area contributed by atoms with Gasteiger partial charge in [-0.25, -0.2) is 0 Å². The first-order valence-electron chi connectivity index (χ1n) is 6.48. The van der Waals surface area contributed by atoms with Crippen molar-refractivity contribution in [3.05, 3.63) is 28.3 Å². The topological polar surface area (TPSA) is 87.4 Å². The Balaban J connectivity index is 2.99. The van der Waals surface area contributed by atoms with E-state index >= 15 is 0 Å². The lowest BCUT2D eigenvalue weighted by Gasteiger charge is -2.15. The van der Waals surface area contributed by atoms with Gasteiger partial charge < -0.3 is 15.7 Å². The Morgan fingerprint density at radius 1 is 1.42 bits per heavy atom. The van der Waals surface area contributed by atoms with E-state index in [9.17, 15) is 10.1 Å². The predicted molar refractivity (Wildman–Crippen MR) is 76.7 cm³/mol. The molecule has 1 unspecified atom stereocenters. The number of nitrogens with one attached hydrogen (secondary N) is 2. The van der Waals surface area contributed by atoms with E-state index in [2.05, 4.69) is 10.6 Å². The van der Waals surface area contributed by atoms with E-state index in [-0.39, 0.29) is 23.3 Å². The number of benzene rings is 1. The van der Waals surface area contributed by atoms with E-state index < -0.39 is 0 Å². The summed E-state index contributed by atoms with van der Waals surface area (Å²) in [5.41, 5.74) is 1.06. The summed E-state index contributed by atoms with van der Waals surface area (Å²) in [5, 5.41) is 26.2. The minimum atomic E-state index is -0.383. The number of hydrogen-bond donors (Lipinski definition) is 3. The molecule has 0 radical (unpaired) electrons. The molecule has 1 aromatic rings. The number of aliphatic hydroxyl groups is 1. The second-order valence-electron chi connectivity index (χ2n) is 4.44. The van der Waals surface area contributed by atoms with Gasteiger partial charge in [0.2, 0.25) is 0 Å². The monoisotopic (exact) mass is 267 g/mol. The first kappa shape index (κ1) is 15.2. The summed E-state index contributed by atoms with van der Waals surface area (Å²) >= 11 is 0. The number of para-hydroxylation sites is 1. The largest absolute Gasteiger partial charge is 0.396 e. The molecule has 1 aromatic carbocycles. The van der Waals surface area contributed by atoms with Crippen molar-refractivity contribution < 1.29 is 10.0 Å². The number of nitrogens with zero attached hydrogens (tertiary/aromatic N) is 1. The standard InChI is InChI=1S/C13H21N3O3/c1-3-8-14-11-5-4-6-12(13(11)16(18)19)15-10(2)7-9-17/h4-6,10,14-15,17H,3,7-9H2,1-2H3. The maximum atomic E-state index is 11.2. The Morgan fingerprint density at radius 3 is 2.68 bits per heavy atom. The van der Waals surface area contributed by atoms with Gasteiger partial charge in [0.1, 0.15) is 11.4 Å². The maximum Gasteiger partial charge on any atom is 0.315 e. The molecule has 0 fully saturated rings. The van der Waals surface area contributed by atoms with Crippen LogP contribution >= 0.6 is 0 Å². The van der Waals surface area contributed by atoms with Crippen LogP contribution < -0.4 is 10.6 Å². The van der Waals surface area contributed by atoms with E-state index in [1.54, 1.807) is 18.2 Å². The van der Waals surface area contributed by atoms with Crippen molar-refractivity contribution in [2.75, 3.05) is 23.8 Å². The van der Waals surface area contributed by atoms with E-state index in [4.69, 9.17) is 5.11 Å². The Bertz CT molecular complexity index is 424. The average Bonchev–Trinajstić information content (AvgIpc) is 2.36. The molecule has 6 heteroatoms. The molecule has 106 valence electrons. The van der Waals surface area contributed by atoms with Crippen LogP contribution in [0.25, 0.3) is 0 Å². The van der Waals surface area contributed by atoms with E-state index in [1.165, 1.54) is 0 Å². The highest BCUT2D eigenvalue weighted by molar-refractivity contribution is 5.76. The van der Waals surface area contributed by atoms with Gasteiger partial charge in [-0.3, -0.25) is 10.1 Å². The molecule has 19 heavy (non-hydrogen) atoms. The van der Waals surface area contributed by atoms with Gasteiger partial charge in [-0.05, 0) is 31.9 Å². The van der Waals surface area contributed by atoms with Crippen molar-refractivity contribution in [3.63, 3.8) is 0 Å². The van der Waals surface area contributed by atoms with Crippen molar-refractivity contribution >= 4 is 17.1 Å². The van der Waals surface area contributed by atoms with Crippen molar-refractivity contribution in [3.8, 4) is 0 Å². The Kier molecular flexibility index (Phi) is 6.08. The van der Waals surface area contributed by atoms with Gasteiger partial charge in [0.25, 0.3) is 0 Å². The van der Waals surface area contributed by atoms with Crippen LogP contribution in [0, 0.1) is 10.1 Å². The summed E-state index contributed by atoms with van der Waals surface area (Å²) in [6.07, 6.45) is 1.44. The summed E-state index contributed by atoms with van der Waals surface area (Å²) < 4.78 is 0. The molecule has 0 amide bonds. The fourth-order valence-electron chi connectivity index (χ4n) is 1.79. The van der Waals surface area contributed by atoms with Gasteiger partial charge in [-0.2, -0.15) is 0 Å². The van der Waals surface area contributed by atoms with Crippen LogP contribution in [0.1, 0.15) is 26.7 Å². The maximum absolute atomic E-state index is 11.2. The number of nitro groups is 1. The van der Waals surface area contributed by atoms with Crippen molar-refractivity contribution in [2.45, 2.75) is 32.7 Å². The average molecular weight is 267 g/mol. The smallest absolute Gasteiger partial charge is 0.315 e. The lowest BCUT2D eigenvalue weighted by atomic mass is 10.2. The highest BCUT2D eigenvalue weighted by atomic mass is 16.6. The summed E-state index contributed by atoms with van der Waals surface area (Å²) in [5.74, 6) is 0. The van der Waals surface area contributed by atoms with Gasteiger partial charge in [-0.1, -0.05) is 13.0 Å². The minimum Gasteiger partial charge on any atom is -0.396 e. The molecule has 0 aliphatic heterocycles. The third-order valence-electron chi connectivity index (χ3n) is 2.75. The Morgan fingerprint density at radius 2 is 2.11 bits per heavy atom. The molecule has 0 spiro atoms. The molecule has 6 nitrogen and oxygen atoms in total. The molecule has 3 N–H and O–H groups in total. The summed E-state index contributed by atoms with van der Waals surface area (Å²) in [6, 6.07) is 5.14. The SMILES string of the molecule is CCCNc1cccc(NC(C)CCO)c1[N+](=O)[O-]. The quantitative estimate of drug-likeness (QED) is 0.498. The zero-order valence-electron chi connectivity index (χ0n) is 11.3. The van der Waals surface area contributed by atoms with Crippen LogP contribution in [-0.4, -0.2) is 29.2 Å². The molecular formula is C13H21N3O3. The summed E-state index contributed by atoms with van der Waals surface area (Å²) in [7, 11) is 0. The number of anilines is 2. The molecule has 0 saturated carbocycles. The predicted octanol–water partition coefficient (Wildman–Crippen LogP) is 2.60. The van der Waals surface area contributed by atoms with Gasteiger partial charge in [-0.15, -0.1) is 0 Å². The van der Waals surface area contributed by atoms with Crippen molar-refractivity contribution in [1.82, 2.24) is 0 Å². The van der Waals surface area contributed by atoms with Crippen LogP contribution in [0.3, 0.4) is 0 Å². The zero-order valence-corrected chi connectivity index (χ0v) is 11.3. The molecule has 0 heterocycles. The number of rotatable bonds is 8. The fourth-order valence-corrected chi connectivity index (χ4v) is 1.79. The highest BCUT2D eigenvalue weighted by Crippen LogP contribution is 2.33. The van der Waals surface area contributed by atoms with Crippen LogP contribution in [0.2, 0.25) is 0 Å². The third kappa shape index (κ3) is 4.40. The van der Waals surface area contributed by atoms with E-state index in [0.717, 1.165) is 6.42 Å². The first-order valence-corrected chi connectivity index (χ1v) is 6.48. The van der Waals surface area contributed by atoms with Crippen LogP contribution in [0.5, 0.6) is 0 Å². The third-order valence-corrected chi connectivity index (χ3v) is 2.75. The lowest BCUT2D eigenvalue weighted by Crippen LogP contribution is -2.18. The van der Waals surface area contributed by atoms with Crippen LogP contribution in [0.15, 0.2) is 18.2 Å². The lowest BCUT2D eigenvalue weighted by molar-refractivity contribution is -0.383. The molecule has 1 rings (SSSR count). The molecule has 1 atom stereocenters. The highest BCUT2D eigenvalue weighted by Gasteiger charge is 2.20. The number of hydrogen-bond acceptors (Lipinski definition) is 5. The second kappa shape index (κ2) is 7.58. The van der Waals surface area contributed by atoms with Gasteiger partial charge in [0, 0.05) is 19.2 Å². The number of aliphatic hydroxyl groups excluding tert-OH is 1. The van der Waals surface area contributed by atoms with Gasteiger partial charge in [0.15, 0.2) is 0 Å².